The zero-order valence-electron chi connectivity index (χ0n) is 16.2. The van der Waals surface area contributed by atoms with Gasteiger partial charge in [-0.2, -0.15) is 0 Å². The minimum Gasteiger partial charge on any atom is -0.491 e. The standard InChI is InChI=1S/C20H27N5O2/c1-4-24-11-13-25(14-12-24)19(26)18-9-10-21-20(23-18)22-16-5-7-17(8-6-16)27-15(2)3/h5-10,15H,4,11-14H2,1-3H3,(H,21,22,23). The molecule has 1 saturated heterocycles. The monoisotopic (exact) mass is 369 g/mol. The lowest BCUT2D eigenvalue weighted by Crippen LogP contribution is -2.48. The fourth-order valence-corrected chi connectivity index (χ4v) is 2.99. The van der Waals surface area contributed by atoms with Gasteiger partial charge in [0, 0.05) is 38.1 Å². The first-order valence-electron chi connectivity index (χ1n) is 9.43. The number of likely N-dealkylation sites (N-methyl/N-ethyl adjacent to an activating group) is 1. The van der Waals surface area contributed by atoms with E-state index in [2.05, 4.69) is 27.1 Å². The average molecular weight is 369 g/mol. The molecule has 0 saturated carbocycles. The van der Waals surface area contributed by atoms with Crippen LogP contribution in [0.3, 0.4) is 0 Å². The van der Waals surface area contributed by atoms with Gasteiger partial charge < -0.3 is 19.9 Å². The number of anilines is 2. The van der Waals surface area contributed by atoms with Crippen LogP contribution in [0.2, 0.25) is 0 Å². The second-order valence-corrected chi connectivity index (χ2v) is 6.81. The van der Waals surface area contributed by atoms with Crippen molar-refractivity contribution in [1.82, 2.24) is 19.8 Å². The number of piperazine rings is 1. The van der Waals surface area contributed by atoms with Crippen molar-refractivity contribution in [1.29, 1.82) is 0 Å². The molecule has 1 aliphatic rings. The summed E-state index contributed by atoms with van der Waals surface area (Å²) < 4.78 is 5.64. The summed E-state index contributed by atoms with van der Waals surface area (Å²) in [6, 6.07) is 9.26. The molecule has 1 fully saturated rings. The Kier molecular flexibility index (Phi) is 6.24. The van der Waals surface area contributed by atoms with E-state index in [4.69, 9.17) is 4.74 Å². The Morgan fingerprint density at radius 2 is 1.85 bits per heavy atom. The summed E-state index contributed by atoms with van der Waals surface area (Å²) in [6.45, 7) is 10.4. The lowest BCUT2D eigenvalue weighted by atomic mass is 10.2. The summed E-state index contributed by atoms with van der Waals surface area (Å²) in [4.78, 5) is 25.5. The van der Waals surface area contributed by atoms with Crippen molar-refractivity contribution in [3.8, 4) is 5.75 Å². The van der Waals surface area contributed by atoms with E-state index in [1.165, 1.54) is 0 Å². The van der Waals surface area contributed by atoms with Gasteiger partial charge in [0.05, 0.1) is 6.10 Å². The van der Waals surface area contributed by atoms with E-state index in [1.807, 2.05) is 43.0 Å². The molecule has 27 heavy (non-hydrogen) atoms. The lowest BCUT2D eigenvalue weighted by Gasteiger charge is -2.33. The summed E-state index contributed by atoms with van der Waals surface area (Å²) in [5.41, 5.74) is 1.25. The number of aromatic nitrogens is 2. The van der Waals surface area contributed by atoms with Gasteiger partial charge in [-0.05, 0) is 50.7 Å². The van der Waals surface area contributed by atoms with Crippen molar-refractivity contribution in [3.63, 3.8) is 0 Å². The molecule has 0 aliphatic carbocycles. The van der Waals surface area contributed by atoms with E-state index in [0.717, 1.165) is 44.2 Å². The molecule has 144 valence electrons. The molecular formula is C20H27N5O2. The Hall–Kier alpha value is -2.67. The quantitative estimate of drug-likeness (QED) is 0.844. The largest absolute Gasteiger partial charge is 0.491 e. The third-order valence-electron chi connectivity index (χ3n) is 4.46. The van der Waals surface area contributed by atoms with Crippen LogP contribution in [-0.2, 0) is 0 Å². The van der Waals surface area contributed by atoms with Gasteiger partial charge in [-0.25, -0.2) is 9.97 Å². The normalized spacial score (nSPS) is 15.0. The smallest absolute Gasteiger partial charge is 0.272 e. The Balaban J connectivity index is 1.64. The maximum atomic E-state index is 12.7. The number of hydrogen-bond acceptors (Lipinski definition) is 6. The zero-order valence-corrected chi connectivity index (χ0v) is 16.2. The summed E-state index contributed by atoms with van der Waals surface area (Å²) in [5, 5.41) is 3.14. The van der Waals surface area contributed by atoms with Crippen LogP contribution in [-0.4, -0.2) is 64.5 Å². The summed E-state index contributed by atoms with van der Waals surface area (Å²) in [5.74, 6) is 1.18. The van der Waals surface area contributed by atoms with Crippen molar-refractivity contribution < 1.29 is 9.53 Å². The van der Waals surface area contributed by atoms with Crippen molar-refractivity contribution in [2.45, 2.75) is 26.9 Å². The van der Waals surface area contributed by atoms with Gasteiger partial charge in [0.25, 0.3) is 5.91 Å². The number of carbonyl (C=O) groups excluding carboxylic acids is 1. The molecule has 7 heteroatoms. The van der Waals surface area contributed by atoms with E-state index < -0.39 is 0 Å². The summed E-state index contributed by atoms with van der Waals surface area (Å²) in [6.07, 6.45) is 1.75. The van der Waals surface area contributed by atoms with Crippen molar-refractivity contribution in [2.75, 3.05) is 38.0 Å². The fraction of sp³-hybridized carbons (Fsp3) is 0.450. The van der Waals surface area contributed by atoms with E-state index in [1.54, 1.807) is 12.3 Å². The minimum absolute atomic E-state index is 0.0446. The second kappa shape index (κ2) is 8.81. The molecule has 0 unspecified atom stereocenters. The minimum atomic E-state index is -0.0446. The van der Waals surface area contributed by atoms with Crippen molar-refractivity contribution in [3.05, 3.63) is 42.2 Å². The molecule has 1 N–H and O–H groups in total. The first-order valence-corrected chi connectivity index (χ1v) is 9.43. The number of hydrogen-bond donors (Lipinski definition) is 1. The number of nitrogens with one attached hydrogen (secondary N) is 1. The van der Waals surface area contributed by atoms with Crippen LogP contribution in [0.25, 0.3) is 0 Å². The number of carbonyl (C=O) groups is 1. The molecule has 2 heterocycles. The van der Waals surface area contributed by atoms with Crippen LogP contribution in [0.4, 0.5) is 11.6 Å². The van der Waals surface area contributed by atoms with Gasteiger partial charge in [-0.3, -0.25) is 4.79 Å². The Labute approximate surface area is 160 Å². The molecule has 0 bridgehead atoms. The van der Waals surface area contributed by atoms with Crippen LogP contribution >= 0.6 is 0 Å². The molecular weight excluding hydrogens is 342 g/mol. The molecule has 2 aromatic rings. The number of amides is 1. The van der Waals surface area contributed by atoms with Gasteiger partial charge in [0.2, 0.25) is 5.95 Å². The molecule has 7 nitrogen and oxygen atoms in total. The van der Waals surface area contributed by atoms with E-state index in [-0.39, 0.29) is 12.0 Å². The summed E-state index contributed by atoms with van der Waals surface area (Å²) in [7, 11) is 0. The number of rotatable bonds is 6. The highest BCUT2D eigenvalue weighted by molar-refractivity contribution is 5.92. The van der Waals surface area contributed by atoms with Gasteiger partial charge in [-0.15, -0.1) is 0 Å². The van der Waals surface area contributed by atoms with E-state index >= 15 is 0 Å². The van der Waals surface area contributed by atoms with Crippen LogP contribution in [0, 0.1) is 0 Å². The van der Waals surface area contributed by atoms with Gasteiger partial charge in [-0.1, -0.05) is 6.92 Å². The molecule has 1 aromatic heterocycles. The zero-order chi connectivity index (χ0) is 19.2. The van der Waals surface area contributed by atoms with E-state index in [0.29, 0.717) is 11.6 Å². The summed E-state index contributed by atoms with van der Waals surface area (Å²) >= 11 is 0. The maximum Gasteiger partial charge on any atom is 0.272 e. The number of nitrogens with zero attached hydrogens (tertiary/aromatic N) is 4. The van der Waals surface area contributed by atoms with Gasteiger partial charge in [0.15, 0.2) is 0 Å². The first-order chi connectivity index (χ1) is 13.0. The van der Waals surface area contributed by atoms with Crippen LogP contribution < -0.4 is 10.1 Å². The maximum absolute atomic E-state index is 12.7. The number of benzene rings is 1. The van der Waals surface area contributed by atoms with Crippen LogP contribution in [0.15, 0.2) is 36.5 Å². The molecule has 0 spiro atoms. The third kappa shape index (κ3) is 5.17. The molecule has 1 amide bonds. The predicted molar refractivity (Wildman–Crippen MR) is 106 cm³/mol. The fourth-order valence-electron chi connectivity index (χ4n) is 2.99. The van der Waals surface area contributed by atoms with Crippen LogP contribution in [0.1, 0.15) is 31.3 Å². The number of ether oxygens (including phenoxy) is 1. The highest BCUT2D eigenvalue weighted by Gasteiger charge is 2.22. The third-order valence-corrected chi connectivity index (χ3v) is 4.46. The molecule has 1 aromatic carbocycles. The highest BCUT2D eigenvalue weighted by Crippen LogP contribution is 2.19. The average Bonchev–Trinajstić information content (AvgIpc) is 2.69. The molecule has 0 atom stereocenters. The Morgan fingerprint density at radius 3 is 2.48 bits per heavy atom. The van der Waals surface area contributed by atoms with E-state index in [9.17, 15) is 4.79 Å². The topological polar surface area (TPSA) is 70.6 Å². The van der Waals surface area contributed by atoms with Crippen molar-refractivity contribution in [2.24, 2.45) is 0 Å². The Morgan fingerprint density at radius 1 is 1.15 bits per heavy atom. The van der Waals surface area contributed by atoms with Gasteiger partial charge >= 0.3 is 0 Å². The van der Waals surface area contributed by atoms with Crippen LogP contribution in [0.5, 0.6) is 5.75 Å². The molecule has 0 radical (unpaired) electrons. The molecule has 1 aliphatic heterocycles. The van der Waals surface area contributed by atoms with Crippen molar-refractivity contribution >= 4 is 17.5 Å². The second-order valence-electron chi connectivity index (χ2n) is 6.81. The lowest BCUT2D eigenvalue weighted by molar-refractivity contribution is 0.0637. The van der Waals surface area contributed by atoms with Gasteiger partial charge in [0.1, 0.15) is 11.4 Å². The predicted octanol–water partition coefficient (Wildman–Crippen LogP) is 2.79. The Bertz CT molecular complexity index is 755. The SMILES string of the molecule is CCN1CCN(C(=O)c2ccnc(Nc3ccc(OC(C)C)cc3)n2)CC1. The highest BCUT2D eigenvalue weighted by atomic mass is 16.5. The first kappa shape index (κ1) is 19.1. The molecule has 3 rings (SSSR count).